The quantitative estimate of drug-likeness (QED) is 0.333. The van der Waals surface area contributed by atoms with Crippen molar-refractivity contribution in [2.75, 3.05) is 19.0 Å². The SMILES string of the molecule is COC(=O)c1sccc1NC(=O)COC(=O)/C=C/c1ccc([N+](=O)[O-])cc1. The maximum absolute atomic E-state index is 11.8. The van der Waals surface area contributed by atoms with E-state index in [1.165, 1.54) is 43.5 Å². The van der Waals surface area contributed by atoms with E-state index in [4.69, 9.17) is 4.74 Å². The third-order valence-electron chi connectivity index (χ3n) is 3.17. The van der Waals surface area contributed by atoms with Crippen molar-refractivity contribution in [3.63, 3.8) is 0 Å². The molecule has 0 fully saturated rings. The summed E-state index contributed by atoms with van der Waals surface area (Å²) in [6.45, 7) is -0.542. The molecular formula is C17H14N2O7S. The van der Waals surface area contributed by atoms with Crippen LogP contribution in [0.15, 0.2) is 41.8 Å². The van der Waals surface area contributed by atoms with Gasteiger partial charge in [0.15, 0.2) is 6.61 Å². The second-order valence-corrected chi connectivity index (χ2v) is 5.91. The van der Waals surface area contributed by atoms with Crippen LogP contribution in [0.3, 0.4) is 0 Å². The number of benzene rings is 1. The number of nitro benzene ring substituents is 1. The van der Waals surface area contributed by atoms with Crippen molar-refractivity contribution in [1.29, 1.82) is 0 Å². The van der Waals surface area contributed by atoms with Crippen molar-refractivity contribution in [1.82, 2.24) is 0 Å². The first-order valence-electron chi connectivity index (χ1n) is 7.45. The molecule has 1 N–H and O–H groups in total. The Balaban J connectivity index is 1.84. The van der Waals surface area contributed by atoms with E-state index in [-0.39, 0.29) is 16.3 Å². The van der Waals surface area contributed by atoms with Crippen molar-refractivity contribution in [2.24, 2.45) is 0 Å². The van der Waals surface area contributed by atoms with E-state index in [0.717, 1.165) is 17.4 Å². The van der Waals surface area contributed by atoms with Crippen molar-refractivity contribution in [3.05, 3.63) is 62.3 Å². The van der Waals surface area contributed by atoms with Crippen LogP contribution in [0.2, 0.25) is 0 Å². The minimum Gasteiger partial charge on any atom is -0.465 e. The summed E-state index contributed by atoms with van der Waals surface area (Å²) in [6.07, 6.45) is 2.50. The molecule has 0 atom stereocenters. The number of hydrogen-bond acceptors (Lipinski definition) is 8. The van der Waals surface area contributed by atoms with Crippen LogP contribution in [0.1, 0.15) is 15.2 Å². The first-order chi connectivity index (χ1) is 12.9. The molecule has 0 bridgehead atoms. The number of rotatable bonds is 7. The minimum absolute atomic E-state index is 0.0637. The highest BCUT2D eigenvalue weighted by Crippen LogP contribution is 2.23. The lowest BCUT2D eigenvalue weighted by atomic mass is 10.2. The predicted molar refractivity (Wildman–Crippen MR) is 97.4 cm³/mol. The summed E-state index contributed by atoms with van der Waals surface area (Å²) in [4.78, 5) is 45.3. The molecule has 0 saturated carbocycles. The average molecular weight is 390 g/mol. The summed E-state index contributed by atoms with van der Waals surface area (Å²) < 4.78 is 9.40. The monoisotopic (exact) mass is 390 g/mol. The van der Waals surface area contributed by atoms with E-state index in [0.29, 0.717) is 5.56 Å². The van der Waals surface area contributed by atoms with Crippen LogP contribution in [0, 0.1) is 10.1 Å². The third-order valence-corrected chi connectivity index (χ3v) is 4.07. The van der Waals surface area contributed by atoms with Crippen molar-refractivity contribution in [2.45, 2.75) is 0 Å². The Morgan fingerprint density at radius 2 is 1.93 bits per heavy atom. The Hall–Kier alpha value is -3.53. The molecule has 1 amide bonds. The van der Waals surface area contributed by atoms with Gasteiger partial charge in [-0.1, -0.05) is 0 Å². The number of non-ortho nitro benzene ring substituents is 1. The molecule has 0 unspecified atom stereocenters. The molecule has 0 radical (unpaired) electrons. The normalized spacial score (nSPS) is 10.4. The van der Waals surface area contributed by atoms with Crippen molar-refractivity contribution < 1.29 is 28.8 Å². The molecule has 0 saturated heterocycles. The summed E-state index contributed by atoms with van der Waals surface area (Å²) in [5.74, 6) is -1.96. The maximum Gasteiger partial charge on any atom is 0.350 e. The smallest absolute Gasteiger partial charge is 0.350 e. The fourth-order valence-electron chi connectivity index (χ4n) is 1.90. The van der Waals surface area contributed by atoms with Gasteiger partial charge in [0.05, 0.1) is 17.7 Å². The Kier molecular flexibility index (Phi) is 6.78. The van der Waals surface area contributed by atoms with Gasteiger partial charge in [-0.15, -0.1) is 11.3 Å². The summed E-state index contributed by atoms with van der Waals surface area (Å²) in [7, 11) is 1.23. The zero-order valence-corrected chi connectivity index (χ0v) is 14.9. The fourth-order valence-corrected chi connectivity index (χ4v) is 2.67. The molecule has 1 aromatic carbocycles. The lowest BCUT2D eigenvalue weighted by molar-refractivity contribution is -0.384. The topological polar surface area (TPSA) is 125 Å². The lowest BCUT2D eigenvalue weighted by Crippen LogP contribution is -2.21. The summed E-state index contributed by atoms with van der Waals surface area (Å²) >= 11 is 1.11. The van der Waals surface area contributed by atoms with Crippen LogP contribution >= 0.6 is 11.3 Å². The maximum atomic E-state index is 11.8. The van der Waals surface area contributed by atoms with E-state index in [1.54, 1.807) is 5.38 Å². The van der Waals surface area contributed by atoms with E-state index in [2.05, 4.69) is 10.1 Å². The van der Waals surface area contributed by atoms with Gasteiger partial charge in [-0.3, -0.25) is 14.9 Å². The summed E-state index contributed by atoms with van der Waals surface area (Å²) in [5, 5.41) is 14.6. The summed E-state index contributed by atoms with van der Waals surface area (Å²) in [6, 6.07) is 7.08. The predicted octanol–water partition coefficient (Wildman–Crippen LogP) is 2.64. The molecule has 1 aromatic heterocycles. The molecule has 0 aliphatic heterocycles. The number of esters is 2. The number of carbonyl (C=O) groups is 3. The van der Waals surface area contributed by atoms with Crippen LogP contribution in [0.25, 0.3) is 6.08 Å². The Labute approximate surface area is 157 Å². The van der Waals surface area contributed by atoms with Gasteiger partial charge in [-0.2, -0.15) is 0 Å². The Bertz CT molecular complexity index is 887. The van der Waals surface area contributed by atoms with E-state index in [1.807, 2.05) is 0 Å². The second-order valence-electron chi connectivity index (χ2n) is 4.99. The second kappa shape index (κ2) is 9.25. The van der Waals surface area contributed by atoms with Crippen LogP contribution in [0.5, 0.6) is 0 Å². The van der Waals surface area contributed by atoms with E-state index < -0.39 is 29.4 Å². The Morgan fingerprint density at radius 3 is 2.56 bits per heavy atom. The van der Waals surface area contributed by atoms with Crippen molar-refractivity contribution in [3.8, 4) is 0 Å². The van der Waals surface area contributed by atoms with Crippen LogP contribution in [0.4, 0.5) is 11.4 Å². The molecule has 9 nitrogen and oxygen atoms in total. The first-order valence-corrected chi connectivity index (χ1v) is 8.33. The fraction of sp³-hybridized carbons (Fsp3) is 0.118. The molecule has 27 heavy (non-hydrogen) atoms. The van der Waals surface area contributed by atoms with Gasteiger partial charge in [0.2, 0.25) is 0 Å². The summed E-state index contributed by atoms with van der Waals surface area (Å²) in [5.41, 5.74) is 0.767. The van der Waals surface area contributed by atoms with Crippen molar-refractivity contribution >= 4 is 46.6 Å². The molecule has 2 rings (SSSR count). The first kappa shape index (κ1) is 19.8. The number of carbonyl (C=O) groups excluding carboxylic acids is 3. The van der Waals surface area contributed by atoms with Gasteiger partial charge in [0, 0.05) is 18.2 Å². The molecule has 0 aliphatic carbocycles. The molecule has 0 spiro atoms. The number of nitro groups is 1. The van der Waals surface area contributed by atoms with Crippen LogP contribution in [-0.2, 0) is 19.1 Å². The van der Waals surface area contributed by atoms with Gasteiger partial charge < -0.3 is 14.8 Å². The number of hydrogen-bond donors (Lipinski definition) is 1. The number of methoxy groups -OCH3 is 1. The van der Waals surface area contributed by atoms with Gasteiger partial charge in [0.1, 0.15) is 4.88 Å². The number of anilines is 1. The molecule has 0 aliphatic rings. The third kappa shape index (κ3) is 5.75. The molecular weight excluding hydrogens is 376 g/mol. The number of amides is 1. The van der Waals surface area contributed by atoms with Gasteiger partial charge in [-0.25, -0.2) is 9.59 Å². The zero-order chi connectivity index (χ0) is 19.8. The zero-order valence-electron chi connectivity index (χ0n) is 14.0. The highest BCUT2D eigenvalue weighted by atomic mass is 32.1. The van der Waals surface area contributed by atoms with E-state index >= 15 is 0 Å². The highest BCUT2D eigenvalue weighted by molar-refractivity contribution is 7.12. The van der Waals surface area contributed by atoms with Crippen LogP contribution < -0.4 is 5.32 Å². The largest absolute Gasteiger partial charge is 0.465 e. The average Bonchev–Trinajstić information content (AvgIpc) is 3.12. The molecule has 140 valence electrons. The van der Waals surface area contributed by atoms with E-state index in [9.17, 15) is 24.5 Å². The lowest BCUT2D eigenvalue weighted by Gasteiger charge is -2.05. The van der Waals surface area contributed by atoms with Gasteiger partial charge >= 0.3 is 11.9 Å². The molecule has 10 heteroatoms. The standard InChI is InChI=1S/C17H14N2O7S/c1-25-17(22)16-13(8-9-27-16)18-14(20)10-26-15(21)7-4-11-2-5-12(6-3-11)19(23)24/h2-9H,10H2,1H3,(H,18,20)/b7-4+. The molecule has 2 aromatic rings. The molecule has 1 heterocycles. The Morgan fingerprint density at radius 1 is 1.22 bits per heavy atom. The number of nitrogens with one attached hydrogen (secondary N) is 1. The van der Waals surface area contributed by atoms with Gasteiger partial charge in [0.25, 0.3) is 11.6 Å². The van der Waals surface area contributed by atoms with Gasteiger partial charge in [-0.05, 0) is 35.2 Å². The number of thiophene rings is 1. The minimum atomic E-state index is -0.762. The highest BCUT2D eigenvalue weighted by Gasteiger charge is 2.16. The number of ether oxygens (including phenoxy) is 2. The van der Waals surface area contributed by atoms with Crippen LogP contribution in [-0.4, -0.2) is 36.5 Å². The number of nitrogens with zero attached hydrogens (tertiary/aromatic N) is 1.